The predicted molar refractivity (Wildman–Crippen MR) is 87.6 cm³/mol. The first-order chi connectivity index (χ1) is 10.2. The maximum absolute atomic E-state index is 9.56. The fourth-order valence-corrected chi connectivity index (χ4v) is 2.58. The molecule has 21 heavy (non-hydrogen) atoms. The molecule has 0 spiro atoms. The van der Waals surface area contributed by atoms with Gasteiger partial charge < -0.3 is 5.11 Å². The number of halogens is 2. The average molecular weight is 364 g/mol. The molecule has 1 heterocycles. The van der Waals surface area contributed by atoms with Crippen molar-refractivity contribution in [1.82, 2.24) is 9.78 Å². The van der Waals surface area contributed by atoms with Crippen molar-refractivity contribution in [2.24, 2.45) is 0 Å². The van der Waals surface area contributed by atoms with E-state index in [1.165, 1.54) is 0 Å². The second-order valence-electron chi connectivity index (χ2n) is 4.59. The largest absolute Gasteiger partial charge is 0.392 e. The van der Waals surface area contributed by atoms with Gasteiger partial charge in [0, 0.05) is 26.8 Å². The molecule has 5 heteroatoms. The van der Waals surface area contributed by atoms with Crippen LogP contribution in [0.25, 0.3) is 16.9 Å². The van der Waals surface area contributed by atoms with Gasteiger partial charge in [0.15, 0.2) is 0 Å². The highest BCUT2D eigenvalue weighted by Gasteiger charge is 2.11. The Morgan fingerprint density at radius 3 is 2.57 bits per heavy atom. The van der Waals surface area contributed by atoms with Gasteiger partial charge in [-0.3, -0.25) is 0 Å². The predicted octanol–water partition coefficient (Wildman–Crippen LogP) is 4.45. The third-order valence-corrected chi connectivity index (χ3v) is 3.91. The molecule has 0 aliphatic carbocycles. The van der Waals surface area contributed by atoms with Crippen molar-refractivity contribution in [3.8, 4) is 16.9 Å². The third-order valence-electron chi connectivity index (χ3n) is 3.15. The zero-order valence-electron chi connectivity index (χ0n) is 11.0. The SMILES string of the molecule is OCc1cn(-c2ccc(Br)cc2)nc1-c1cccc(Cl)c1. The molecule has 0 aliphatic rings. The van der Waals surface area contributed by atoms with Crippen molar-refractivity contribution >= 4 is 27.5 Å². The molecule has 3 aromatic rings. The second-order valence-corrected chi connectivity index (χ2v) is 5.94. The summed E-state index contributed by atoms with van der Waals surface area (Å²) in [6.45, 7) is -0.0711. The molecule has 1 aromatic heterocycles. The summed E-state index contributed by atoms with van der Waals surface area (Å²) in [6.07, 6.45) is 1.83. The summed E-state index contributed by atoms with van der Waals surface area (Å²) in [7, 11) is 0. The number of hydrogen-bond donors (Lipinski definition) is 1. The monoisotopic (exact) mass is 362 g/mol. The van der Waals surface area contributed by atoms with Crippen LogP contribution in [0.15, 0.2) is 59.2 Å². The van der Waals surface area contributed by atoms with Crippen molar-refractivity contribution in [2.75, 3.05) is 0 Å². The molecule has 0 unspecified atom stereocenters. The summed E-state index contributed by atoms with van der Waals surface area (Å²) >= 11 is 9.44. The summed E-state index contributed by atoms with van der Waals surface area (Å²) in [5.74, 6) is 0. The quantitative estimate of drug-likeness (QED) is 0.746. The van der Waals surface area contributed by atoms with Crippen LogP contribution in [0.2, 0.25) is 5.02 Å². The van der Waals surface area contributed by atoms with Gasteiger partial charge in [-0.2, -0.15) is 5.10 Å². The minimum atomic E-state index is -0.0711. The molecule has 2 aromatic carbocycles. The molecule has 1 N–H and O–H groups in total. The molecule has 106 valence electrons. The van der Waals surface area contributed by atoms with Gasteiger partial charge in [-0.1, -0.05) is 39.7 Å². The maximum Gasteiger partial charge on any atom is 0.0983 e. The van der Waals surface area contributed by atoms with Crippen molar-refractivity contribution in [3.63, 3.8) is 0 Å². The number of aliphatic hydroxyl groups is 1. The fourth-order valence-electron chi connectivity index (χ4n) is 2.13. The van der Waals surface area contributed by atoms with Crippen LogP contribution in [-0.4, -0.2) is 14.9 Å². The molecule has 0 aliphatic heterocycles. The van der Waals surface area contributed by atoms with Crippen molar-refractivity contribution in [1.29, 1.82) is 0 Å². The lowest BCUT2D eigenvalue weighted by molar-refractivity contribution is 0.282. The lowest BCUT2D eigenvalue weighted by atomic mass is 10.1. The molecule has 0 saturated heterocycles. The maximum atomic E-state index is 9.56. The molecule has 3 nitrogen and oxygen atoms in total. The average Bonchev–Trinajstić information content (AvgIpc) is 2.92. The Bertz CT molecular complexity index is 768. The summed E-state index contributed by atoms with van der Waals surface area (Å²) in [5, 5.41) is 14.8. The van der Waals surface area contributed by atoms with Crippen LogP contribution >= 0.6 is 27.5 Å². The highest BCUT2D eigenvalue weighted by atomic mass is 79.9. The summed E-state index contributed by atoms with van der Waals surface area (Å²) in [4.78, 5) is 0. The van der Waals surface area contributed by atoms with Gasteiger partial charge in [0.05, 0.1) is 18.0 Å². The molecular weight excluding hydrogens is 352 g/mol. The van der Waals surface area contributed by atoms with E-state index < -0.39 is 0 Å². The Labute approximate surface area is 135 Å². The normalized spacial score (nSPS) is 10.8. The van der Waals surface area contributed by atoms with Crippen LogP contribution in [0.5, 0.6) is 0 Å². The highest BCUT2D eigenvalue weighted by molar-refractivity contribution is 9.10. The van der Waals surface area contributed by atoms with E-state index in [1.807, 2.05) is 54.7 Å². The van der Waals surface area contributed by atoms with Gasteiger partial charge in [0.2, 0.25) is 0 Å². The number of benzene rings is 2. The Kier molecular flexibility index (Phi) is 4.10. The molecule has 3 rings (SSSR count). The molecule has 0 atom stereocenters. The van der Waals surface area contributed by atoms with E-state index in [2.05, 4.69) is 21.0 Å². The van der Waals surface area contributed by atoms with Crippen molar-refractivity contribution < 1.29 is 5.11 Å². The molecule has 0 bridgehead atoms. The van der Waals surface area contributed by atoms with Crippen molar-refractivity contribution in [2.45, 2.75) is 6.61 Å². The van der Waals surface area contributed by atoms with Gasteiger partial charge in [-0.15, -0.1) is 0 Å². The summed E-state index contributed by atoms with van der Waals surface area (Å²) in [5.41, 5.74) is 3.33. The molecule has 0 fully saturated rings. The number of nitrogens with zero attached hydrogens (tertiary/aromatic N) is 2. The van der Waals surface area contributed by atoms with E-state index in [9.17, 15) is 5.11 Å². The van der Waals surface area contributed by atoms with Gasteiger partial charge in [0.1, 0.15) is 0 Å². The van der Waals surface area contributed by atoms with Gasteiger partial charge >= 0.3 is 0 Å². The lowest BCUT2D eigenvalue weighted by Gasteiger charge is -2.01. The van der Waals surface area contributed by atoms with E-state index in [1.54, 1.807) is 4.68 Å². The number of aromatic nitrogens is 2. The Hall–Kier alpha value is -1.62. The zero-order valence-corrected chi connectivity index (χ0v) is 13.3. The van der Waals surface area contributed by atoms with Crippen LogP contribution in [0.3, 0.4) is 0 Å². The number of hydrogen-bond acceptors (Lipinski definition) is 2. The number of rotatable bonds is 3. The van der Waals surface area contributed by atoms with E-state index in [4.69, 9.17) is 11.6 Å². The minimum absolute atomic E-state index is 0.0711. The van der Waals surface area contributed by atoms with Gasteiger partial charge in [-0.25, -0.2) is 4.68 Å². The van der Waals surface area contributed by atoms with E-state index in [0.717, 1.165) is 27.0 Å². The standard InChI is InChI=1S/C16H12BrClN2O/c17-13-4-6-15(7-5-13)20-9-12(10-21)16(19-20)11-2-1-3-14(18)8-11/h1-9,21H,10H2. The van der Waals surface area contributed by atoms with E-state index in [0.29, 0.717) is 5.02 Å². The van der Waals surface area contributed by atoms with Crippen LogP contribution in [0.1, 0.15) is 5.56 Å². The third kappa shape index (κ3) is 3.02. The Morgan fingerprint density at radius 1 is 1.14 bits per heavy atom. The fraction of sp³-hybridized carbons (Fsp3) is 0.0625. The first-order valence-corrected chi connectivity index (χ1v) is 7.56. The Morgan fingerprint density at radius 2 is 1.90 bits per heavy atom. The zero-order chi connectivity index (χ0) is 14.8. The molecular formula is C16H12BrClN2O. The molecule has 0 radical (unpaired) electrons. The smallest absolute Gasteiger partial charge is 0.0983 e. The first-order valence-electron chi connectivity index (χ1n) is 6.38. The Balaban J connectivity index is 2.08. The highest BCUT2D eigenvalue weighted by Crippen LogP contribution is 2.26. The second kappa shape index (κ2) is 6.02. The van der Waals surface area contributed by atoms with Crippen molar-refractivity contribution in [3.05, 3.63) is 69.8 Å². The van der Waals surface area contributed by atoms with Gasteiger partial charge in [0.25, 0.3) is 0 Å². The first kappa shape index (κ1) is 14.3. The van der Waals surface area contributed by atoms with E-state index >= 15 is 0 Å². The summed E-state index contributed by atoms with van der Waals surface area (Å²) in [6, 6.07) is 15.3. The lowest BCUT2D eigenvalue weighted by Crippen LogP contribution is -1.94. The summed E-state index contributed by atoms with van der Waals surface area (Å²) < 4.78 is 2.77. The minimum Gasteiger partial charge on any atom is -0.392 e. The topological polar surface area (TPSA) is 38.0 Å². The molecule has 0 saturated carbocycles. The molecule has 0 amide bonds. The van der Waals surface area contributed by atoms with Gasteiger partial charge in [-0.05, 0) is 36.4 Å². The number of aliphatic hydroxyl groups excluding tert-OH is 1. The van der Waals surface area contributed by atoms with E-state index in [-0.39, 0.29) is 6.61 Å². The van der Waals surface area contributed by atoms with Crippen LogP contribution < -0.4 is 0 Å². The van der Waals surface area contributed by atoms with Crippen LogP contribution in [-0.2, 0) is 6.61 Å². The van der Waals surface area contributed by atoms with Crippen LogP contribution in [0, 0.1) is 0 Å². The van der Waals surface area contributed by atoms with Crippen LogP contribution in [0.4, 0.5) is 0 Å².